The van der Waals surface area contributed by atoms with E-state index < -0.39 is 0 Å². The first-order valence-electron chi connectivity index (χ1n) is 8.68. The number of nitrogens with zero attached hydrogens (tertiary/aromatic N) is 2. The number of benzene rings is 1. The van der Waals surface area contributed by atoms with E-state index in [4.69, 9.17) is 24.6 Å². The van der Waals surface area contributed by atoms with E-state index in [-0.39, 0.29) is 6.10 Å². The summed E-state index contributed by atoms with van der Waals surface area (Å²) in [6.07, 6.45) is 0.104. The molecule has 3 rings (SSSR count). The molecule has 0 unspecified atom stereocenters. The fourth-order valence-corrected chi connectivity index (χ4v) is 3.22. The second-order valence-electron chi connectivity index (χ2n) is 6.55. The number of aromatic nitrogens is 1. The van der Waals surface area contributed by atoms with E-state index in [9.17, 15) is 0 Å². The highest BCUT2D eigenvalue weighted by Gasteiger charge is 2.22. The molecule has 1 aliphatic rings. The molecule has 1 fully saturated rings. The van der Waals surface area contributed by atoms with Gasteiger partial charge in [-0.2, -0.15) is 0 Å². The van der Waals surface area contributed by atoms with Crippen molar-refractivity contribution < 1.29 is 13.9 Å². The van der Waals surface area contributed by atoms with Crippen LogP contribution in [0.5, 0.6) is 5.75 Å². The average molecular weight is 345 g/mol. The van der Waals surface area contributed by atoms with E-state index in [0.29, 0.717) is 19.0 Å². The van der Waals surface area contributed by atoms with Gasteiger partial charge in [0, 0.05) is 31.7 Å². The molecule has 1 aromatic heterocycles. The number of methoxy groups -OCH3 is 1. The van der Waals surface area contributed by atoms with E-state index in [1.807, 2.05) is 19.1 Å². The van der Waals surface area contributed by atoms with Gasteiger partial charge in [0.1, 0.15) is 11.5 Å². The van der Waals surface area contributed by atoms with Crippen LogP contribution in [0.4, 0.5) is 0 Å². The van der Waals surface area contributed by atoms with Crippen LogP contribution in [0.1, 0.15) is 22.6 Å². The first kappa shape index (κ1) is 17.9. The number of nitrogens with two attached hydrogens (primary N) is 1. The molecule has 0 radical (unpaired) electrons. The molecule has 1 atom stereocenters. The topological polar surface area (TPSA) is 73.8 Å². The van der Waals surface area contributed by atoms with Gasteiger partial charge in [0.05, 0.1) is 25.5 Å². The van der Waals surface area contributed by atoms with Crippen LogP contribution < -0.4 is 10.5 Å². The molecule has 6 nitrogen and oxygen atoms in total. The second-order valence-corrected chi connectivity index (χ2v) is 6.55. The lowest BCUT2D eigenvalue weighted by atomic mass is 10.0. The molecular formula is C19H27N3O3. The summed E-state index contributed by atoms with van der Waals surface area (Å²) in [6.45, 7) is 9.82. The van der Waals surface area contributed by atoms with E-state index in [2.05, 4.69) is 18.7 Å². The number of rotatable bonds is 5. The summed E-state index contributed by atoms with van der Waals surface area (Å²) in [6, 6.07) is 3.97. The van der Waals surface area contributed by atoms with Gasteiger partial charge in [0.25, 0.3) is 0 Å². The maximum Gasteiger partial charge on any atom is 0.226 e. The van der Waals surface area contributed by atoms with Crippen molar-refractivity contribution in [3.63, 3.8) is 0 Å². The van der Waals surface area contributed by atoms with Crippen molar-refractivity contribution in [3.05, 3.63) is 34.7 Å². The molecule has 2 aromatic rings. The standard InChI is InChI=1S/C19H27N3O3/c1-12-13(2)18(23-4)6-5-16(12)19-21-17(14(3)25-19)11-22-7-8-24-15(9-20)10-22/h5-6,15H,7-11,20H2,1-4H3/t15-/m1/s1. The van der Waals surface area contributed by atoms with Crippen LogP contribution in [0.25, 0.3) is 11.5 Å². The molecule has 136 valence electrons. The highest BCUT2D eigenvalue weighted by Crippen LogP contribution is 2.31. The SMILES string of the molecule is COc1ccc(-c2nc(CN3CCO[C@H](CN)C3)c(C)o2)c(C)c1C. The lowest BCUT2D eigenvalue weighted by Crippen LogP contribution is -2.45. The largest absolute Gasteiger partial charge is 0.496 e. The van der Waals surface area contributed by atoms with Gasteiger partial charge in [0.2, 0.25) is 5.89 Å². The summed E-state index contributed by atoms with van der Waals surface area (Å²) in [5, 5.41) is 0. The molecule has 0 saturated carbocycles. The quantitative estimate of drug-likeness (QED) is 0.897. The van der Waals surface area contributed by atoms with Gasteiger partial charge in [-0.05, 0) is 44.0 Å². The first-order valence-corrected chi connectivity index (χ1v) is 8.68. The predicted octanol–water partition coefficient (Wildman–Crippen LogP) is 2.43. The third-order valence-electron chi connectivity index (χ3n) is 4.94. The highest BCUT2D eigenvalue weighted by molar-refractivity contribution is 5.63. The Morgan fingerprint density at radius 3 is 2.80 bits per heavy atom. The van der Waals surface area contributed by atoms with Crippen molar-refractivity contribution in [2.75, 3.05) is 33.4 Å². The Morgan fingerprint density at radius 1 is 1.28 bits per heavy atom. The van der Waals surface area contributed by atoms with Gasteiger partial charge in [-0.3, -0.25) is 4.90 Å². The van der Waals surface area contributed by atoms with Crippen LogP contribution in [-0.2, 0) is 11.3 Å². The Hall–Kier alpha value is -1.89. The summed E-state index contributed by atoms with van der Waals surface area (Å²) in [5.74, 6) is 2.41. The summed E-state index contributed by atoms with van der Waals surface area (Å²) < 4.78 is 17.0. The average Bonchev–Trinajstić information content (AvgIpc) is 2.97. The minimum Gasteiger partial charge on any atom is -0.496 e. The van der Waals surface area contributed by atoms with Crippen molar-refractivity contribution in [2.24, 2.45) is 5.73 Å². The Balaban J connectivity index is 1.82. The molecule has 6 heteroatoms. The van der Waals surface area contributed by atoms with E-state index in [1.165, 1.54) is 0 Å². The fraction of sp³-hybridized carbons (Fsp3) is 0.526. The molecule has 0 bridgehead atoms. The molecule has 1 saturated heterocycles. The number of aryl methyl sites for hydroxylation is 1. The van der Waals surface area contributed by atoms with Gasteiger partial charge in [-0.1, -0.05) is 0 Å². The van der Waals surface area contributed by atoms with Crippen LogP contribution in [-0.4, -0.2) is 49.3 Å². The summed E-state index contributed by atoms with van der Waals surface area (Å²) in [4.78, 5) is 7.08. The van der Waals surface area contributed by atoms with Crippen molar-refractivity contribution in [1.82, 2.24) is 9.88 Å². The Kier molecular flexibility index (Phi) is 5.42. The maximum atomic E-state index is 5.97. The number of ether oxygens (including phenoxy) is 2. The van der Waals surface area contributed by atoms with Crippen LogP contribution in [0.3, 0.4) is 0 Å². The van der Waals surface area contributed by atoms with Crippen LogP contribution in [0.15, 0.2) is 16.5 Å². The fourth-order valence-electron chi connectivity index (χ4n) is 3.22. The first-order chi connectivity index (χ1) is 12.0. The van der Waals surface area contributed by atoms with Crippen molar-refractivity contribution in [3.8, 4) is 17.2 Å². The summed E-state index contributed by atoms with van der Waals surface area (Å²) in [5.41, 5.74) is 9.94. The van der Waals surface area contributed by atoms with Crippen molar-refractivity contribution >= 4 is 0 Å². The lowest BCUT2D eigenvalue weighted by molar-refractivity contribution is -0.0264. The van der Waals surface area contributed by atoms with Gasteiger partial charge < -0.3 is 19.6 Å². The molecule has 0 spiro atoms. The molecular weight excluding hydrogens is 318 g/mol. The monoisotopic (exact) mass is 345 g/mol. The van der Waals surface area contributed by atoms with Crippen LogP contribution >= 0.6 is 0 Å². The summed E-state index contributed by atoms with van der Waals surface area (Å²) >= 11 is 0. The zero-order chi connectivity index (χ0) is 18.0. The number of hydrogen-bond acceptors (Lipinski definition) is 6. The van der Waals surface area contributed by atoms with Crippen LogP contribution in [0, 0.1) is 20.8 Å². The zero-order valence-electron chi connectivity index (χ0n) is 15.5. The molecule has 2 N–H and O–H groups in total. The summed E-state index contributed by atoms with van der Waals surface area (Å²) in [7, 11) is 1.69. The number of hydrogen-bond donors (Lipinski definition) is 1. The maximum absolute atomic E-state index is 5.97. The van der Waals surface area contributed by atoms with Crippen molar-refractivity contribution in [2.45, 2.75) is 33.4 Å². The highest BCUT2D eigenvalue weighted by atomic mass is 16.5. The van der Waals surface area contributed by atoms with Crippen LogP contribution in [0.2, 0.25) is 0 Å². The van der Waals surface area contributed by atoms with Gasteiger partial charge in [-0.15, -0.1) is 0 Å². The van der Waals surface area contributed by atoms with E-state index >= 15 is 0 Å². The second kappa shape index (κ2) is 7.56. The molecule has 25 heavy (non-hydrogen) atoms. The minimum absolute atomic E-state index is 0.104. The van der Waals surface area contributed by atoms with Crippen molar-refractivity contribution in [1.29, 1.82) is 0 Å². The van der Waals surface area contributed by atoms with E-state index in [0.717, 1.165) is 53.5 Å². The molecule has 1 aromatic carbocycles. The predicted molar refractivity (Wildman–Crippen MR) is 96.8 cm³/mol. The number of oxazole rings is 1. The van der Waals surface area contributed by atoms with Gasteiger partial charge in [0.15, 0.2) is 0 Å². The zero-order valence-corrected chi connectivity index (χ0v) is 15.5. The Bertz CT molecular complexity index is 742. The minimum atomic E-state index is 0.104. The molecule has 2 heterocycles. The number of morpholine rings is 1. The lowest BCUT2D eigenvalue weighted by Gasteiger charge is -2.31. The molecule has 0 amide bonds. The van der Waals surface area contributed by atoms with E-state index in [1.54, 1.807) is 7.11 Å². The van der Waals surface area contributed by atoms with Gasteiger partial charge >= 0.3 is 0 Å². The Labute approximate surface area is 148 Å². The molecule has 1 aliphatic heterocycles. The normalized spacial score (nSPS) is 18.5. The smallest absolute Gasteiger partial charge is 0.226 e. The third kappa shape index (κ3) is 3.71. The third-order valence-corrected chi connectivity index (χ3v) is 4.94. The molecule has 0 aliphatic carbocycles. The van der Waals surface area contributed by atoms with Gasteiger partial charge in [-0.25, -0.2) is 4.98 Å². The Morgan fingerprint density at radius 2 is 2.08 bits per heavy atom.